The average Bonchev–Trinajstić information content (AvgIpc) is 3.04. The summed E-state index contributed by atoms with van der Waals surface area (Å²) in [5.41, 5.74) is 3.49. The molecule has 1 spiro atoms. The monoisotopic (exact) mass is 255 g/mol. The van der Waals surface area contributed by atoms with Gasteiger partial charge in [-0.05, 0) is 37.0 Å². The smallest absolute Gasteiger partial charge is 0.0389 e. The van der Waals surface area contributed by atoms with Crippen molar-refractivity contribution in [3.05, 3.63) is 46.8 Å². The van der Waals surface area contributed by atoms with E-state index < -0.39 is 0 Å². The highest BCUT2D eigenvalue weighted by Crippen LogP contribution is 2.55. The molecule has 0 bridgehead atoms. The molecule has 0 saturated heterocycles. The fourth-order valence-electron chi connectivity index (χ4n) is 3.02. The number of hydrogen-bond acceptors (Lipinski definition) is 2. The Morgan fingerprint density at radius 3 is 2.72 bits per heavy atom. The molecule has 2 heteroatoms. The van der Waals surface area contributed by atoms with Crippen LogP contribution in [0.2, 0.25) is 0 Å². The van der Waals surface area contributed by atoms with Gasteiger partial charge in [-0.25, -0.2) is 0 Å². The third kappa shape index (κ3) is 1.49. The zero-order chi connectivity index (χ0) is 12.2. The number of fused-ring (bicyclic) bond motifs is 2. The largest absolute Gasteiger partial charge is 0.309 e. The molecule has 1 aliphatic heterocycles. The van der Waals surface area contributed by atoms with Gasteiger partial charge in [0.2, 0.25) is 0 Å². The predicted molar refractivity (Wildman–Crippen MR) is 77.1 cm³/mol. The van der Waals surface area contributed by atoms with Gasteiger partial charge in [-0.3, -0.25) is 0 Å². The number of benzene rings is 1. The molecule has 2 heterocycles. The molecule has 1 aromatic carbocycles. The second-order valence-electron chi connectivity index (χ2n) is 5.64. The molecule has 1 aliphatic carbocycles. The SMILES string of the molecule is CC1NCC2(CC2)c2cc(-c3ccccc3)sc21. The first kappa shape index (κ1) is 10.8. The first-order chi connectivity index (χ1) is 8.78. The predicted octanol–water partition coefficient (Wildman–Crippen LogP) is 4.11. The van der Waals surface area contributed by atoms with Crippen molar-refractivity contribution in [3.63, 3.8) is 0 Å². The molecule has 4 rings (SSSR count). The van der Waals surface area contributed by atoms with Crippen LogP contribution in [0.1, 0.15) is 36.2 Å². The Morgan fingerprint density at radius 2 is 2.00 bits per heavy atom. The van der Waals surface area contributed by atoms with Gasteiger partial charge in [-0.2, -0.15) is 0 Å². The fraction of sp³-hybridized carbons (Fsp3) is 0.375. The van der Waals surface area contributed by atoms with E-state index in [1.165, 1.54) is 29.8 Å². The van der Waals surface area contributed by atoms with Crippen molar-refractivity contribution in [2.75, 3.05) is 6.54 Å². The molecular weight excluding hydrogens is 238 g/mol. The van der Waals surface area contributed by atoms with Crippen molar-refractivity contribution < 1.29 is 0 Å². The van der Waals surface area contributed by atoms with Crippen LogP contribution in [-0.4, -0.2) is 6.54 Å². The average molecular weight is 255 g/mol. The van der Waals surface area contributed by atoms with Gasteiger partial charge < -0.3 is 5.32 Å². The topological polar surface area (TPSA) is 12.0 Å². The maximum atomic E-state index is 3.67. The zero-order valence-electron chi connectivity index (χ0n) is 10.6. The fourth-order valence-corrected chi connectivity index (χ4v) is 4.33. The van der Waals surface area contributed by atoms with E-state index in [2.05, 4.69) is 48.6 Å². The van der Waals surface area contributed by atoms with Crippen LogP contribution in [-0.2, 0) is 5.41 Å². The van der Waals surface area contributed by atoms with Gasteiger partial charge in [0.05, 0.1) is 0 Å². The summed E-state index contributed by atoms with van der Waals surface area (Å²) in [6.45, 7) is 3.46. The Hall–Kier alpha value is -1.12. The lowest BCUT2D eigenvalue weighted by molar-refractivity contribution is 0.475. The molecule has 1 atom stereocenters. The second-order valence-corrected chi connectivity index (χ2v) is 6.72. The van der Waals surface area contributed by atoms with Gasteiger partial charge in [0.1, 0.15) is 0 Å². The summed E-state index contributed by atoms with van der Waals surface area (Å²) in [5, 5.41) is 3.67. The minimum Gasteiger partial charge on any atom is -0.309 e. The molecule has 1 aromatic heterocycles. The summed E-state index contributed by atoms with van der Waals surface area (Å²) < 4.78 is 0. The summed E-state index contributed by atoms with van der Waals surface area (Å²) >= 11 is 1.98. The van der Waals surface area contributed by atoms with Crippen molar-refractivity contribution in [3.8, 4) is 10.4 Å². The van der Waals surface area contributed by atoms with Crippen molar-refractivity contribution in [1.29, 1.82) is 0 Å². The summed E-state index contributed by atoms with van der Waals surface area (Å²) in [7, 11) is 0. The Labute approximate surface area is 112 Å². The van der Waals surface area contributed by atoms with Crippen LogP contribution in [0.25, 0.3) is 10.4 Å². The molecule has 2 aliphatic rings. The van der Waals surface area contributed by atoms with Crippen LogP contribution in [0, 0.1) is 0 Å². The molecule has 1 nitrogen and oxygen atoms in total. The van der Waals surface area contributed by atoms with Crippen LogP contribution in [0.3, 0.4) is 0 Å². The molecule has 2 aromatic rings. The van der Waals surface area contributed by atoms with Crippen LogP contribution in [0.4, 0.5) is 0 Å². The molecule has 92 valence electrons. The first-order valence-electron chi connectivity index (χ1n) is 6.72. The Kier molecular flexibility index (Phi) is 2.21. The summed E-state index contributed by atoms with van der Waals surface area (Å²) in [4.78, 5) is 3.00. The molecular formula is C16H17NS. The molecule has 1 saturated carbocycles. The number of nitrogens with one attached hydrogen (secondary N) is 1. The van der Waals surface area contributed by atoms with E-state index in [-0.39, 0.29) is 0 Å². The molecule has 1 N–H and O–H groups in total. The summed E-state index contributed by atoms with van der Waals surface area (Å²) in [6, 6.07) is 13.8. The van der Waals surface area contributed by atoms with Crippen LogP contribution in [0.15, 0.2) is 36.4 Å². The quantitative estimate of drug-likeness (QED) is 0.808. The van der Waals surface area contributed by atoms with Crippen LogP contribution < -0.4 is 5.32 Å². The normalized spacial score (nSPS) is 23.9. The van der Waals surface area contributed by atoms with Gasteiger partial charge in [-0.15, -0.1) is 11.3 Å². The van der Waals surface area contributed by atoms with Crippen molar-refractivity contribution in [2.24, 2.45) is 0 Å². The maximum Gasteiger partial charge on any atom is 0.0389 e. The van der Waals surface area contributed by atoms with E-state index in [0.717, 1.165) is 0 Å². The lowest BCUT2D eigenvalue weighted by Gasteiger charge is -2.27. The Morgan fingerprint density at radius 1 is 1.22 bits per heavy atom. The lowest BCUT2D eigenvalue weighted by Crippen LogP contribution is -2.34. The number of thiophene rings is 1. The highest BCUT2D eigenvalue weighted by atomic mass is 32.1. The van der Waals surface area contributed by atoms with Crippen molar-refractivity contribution in [1.82, 2.24) is 5.32 Å². The minimum absolute atomic E-state index is 0.491. The van der Waals surface area contributed by atoms with E-state index >= 15 is 0 Å². The van der Waals surface area contributed by atoms with E-state index in [1.807, 2.05) is 11.3 Å². The number of rotatable bonds is 1. The van der Waals surface area contributed by atoms with E-state index in [1.54, 1.807) is 10.4 Å². The third-order valence-corrected chi connectivity index (χ3v) is 5.75. The maximum absolute atomic E-state index is 3.67. The Bertz CT molecular complexity index is 580. The molecule has 1 fully saturated rings. The van der Waals surface area contributed by atoms with Crippen molar-refractivity contribution in [2.45, 2.75) is 31.2 Å². The summed E-state index contributed by atoms with van der Waals surface area (Å²) in [6.07, 6.45) is 2.73. The molecule has 18 heavy (non-hydrogen) atoms. The highest BCUT2D eigenvalue weighted by Gasteiger charge is 2.49. The zero-order valence-corrected chi connectivity index (χ0v) is 11.4. The second kappa shape index (κ2) is 3.69. The van der Waals surface area contributed by atoms with Gasteiger partial charge in [0.25, 0.3) is 0 Å². The standard InChI is InChI=1S/C16H17NS/c1-11-15-13(16(7-8-16)10-17-11)9-14(18-15)12-5-3-2-4-6-12/h2-6,9,11,17H,7-8,10H2,1H3. The first-order valence-corrected chi connectivity index (χ1v) is 7.53. The van der Waals surface area contributed by atoms with Crippen LogP contribution in [0.5, 0.6) is 0 Å². The van der Waals surface area contributed by atoms with Crippen LogP contribution >= 0.6 is 11.3 Å². The molecule has 1 unspecified atom stereocenters. The van der Waals surface area contributed by atoms with E-state index in [0.29, 0.717) is 11.5 Å². The van der Waals surface area contributed by atoms with E-state index in [9.17, 15) is 0 Å². The minimum atomic E-state index is 0.491. The Balaban J connectivity index is 1.85. The van der Waals surface area contributed by atoms with E-state index in [4.69, 9.17) is 0 Å². The lowest BCUT2D eigenvalue weighted by atomic mass is 9.90. The van der Waals surface area contributed by atoms with Gasteiger partial charge in [0.15, 0.2) is 0 Å². The van der Waals surface area contributed by atoms with Crippen molar-refractivity contribution >= 4 is 11.3 Å². The van der Waals surface area contributed by atoms with Gasteiger partial charge in [-0.1, -0.05) is 30.3 Å². The highest BCUT2D eigenvalue weighted by molar-refractivity contribution is 7.15. The van der Waals surface area contributed by atoms with Gasteiger partial charge >= 0.3 is 0 Å². The summed E-state index contributed by atoms with van der Waals surface area (Å²) in [5.74, 6) is 0. The molecule has 0 radical (unpaired) electrons. The molecule has 0 amide bonds. The number of hydrogen-bond donors (Lipinski definition) is 1. The third-order valence-electron chi connectivity index (χ3n) is 4.38. The van der Waals surface area contributed by atoms with Gasteiger partial charge in [0, 0.05) is 27.8 Å².